The second-order valence-electron chi connectivity index (χ2n) is 4.99. The van der Waals surface area contributed by atoms with Crippen molar-refractivity contribution >= 4 is 15.8 Å². The number of sulfone groups is 1. The van der Waals surface area contributed by atoms with Gasteiger partial charge in [0, 0.05) is 5.56 Å². The van der Waals surface area contributed by atoms with Crippen molar-refractivity contribution in [3.63, 3.8) is 0 Å². The average molecular weight is 308 g/mol. The van der Waals surface area contributed by atoms with Gasteiger partial charge in [-0.3, -0.25) is 0 Å². The van der Waals surface area contributed by atoms with E-state index in [-0.39, 0.29) is 23.0 Å². The minimum atomic E-state index is -3.43. The normalized spacial score (nSPS) is 11.5. The Morgan fingerprint density at radius 2 is 1.81 bits per heavy atom. The summed E-state index contributed by atoms with van der Waals surface area (Å²) in [6.07, 6.45) is 0. The topological polar surface area (TPSA) is 84.6 Å². The monoisotopic (exact) mass is 308 g/mol. The van der Waals surface area contributed by atoms with Crippen LogP contribution in [-0.4, -0.2) is 19.5 Å². The standard InChI is InChI=1S/C15H16O5S/c1-10-5-3-4-6-12(10)8-21(18,19)9-13-7-11(2)14(20-13)15(16)17/h3-7H,8-9H2,1-2H3,(H,16,17). The minimum Gasteiger partial charge on any atom is -0.475 e. The van der Waals surface area contributed by atoms with Crippen molar-refractivity contribution in [2.75, 3.05) is 0 Å². The lowest BCUT2D eigenvalue weighted by molar-refractivity contribution is 0.0659. The molecule has 2 aromatic rings. The molecule has 0 saturated carbocycles. The molecule has 112 valence electrons. The molecule has 0 unspecified atom stereocenters. The Morgan fingerprint density at radius 1 is 1.14 bits per heavy atom. The third-order valence-corrected chi connectivity index (χ3v) is 4.64. The number of aryl methyl sites for hydroxylation is 2. The first-order valence-electron chi connectivity index (χ1n) is 6.36. The molecule has 0 spiro atoms. The van der Waals surface area contributed by atoms with Crippen LogP contribution in [0.15, 0.2) is 34.7 Å². The van der Waals surface area contributed by atoms with Gasteiger partial charge < -0.3 is 9.52 Å². The first-order chi connectivity index (χ1) is 9.78. The van der Waals surface area contributed by atoms with E-state index in [9.17, 15) is 13.2 Å². The molecular weight excluding hydrogens is 292 g/mol. The van der Waals surface area contributed by atoms with Gasteiger partial charge in [-0.05, 0) is 31.0 Å². The Hall–Kier alpha value is -2.08. The summed E-state index contributed by atoms with van der Waals surface area (Å²) < 4.78 is 29.5. The minimum absolute atomic E-state index is 0.0954. The van der Waals surface area contributed by atoms with Crippen LogP contribution in [0, 0.1) is 13.8 Å². The van der Waals surface area contributed by atoms with E-state index in [1.54, 1.807) is 19.1 Å². The van der Waals surface area contributed by atoms with Gasteiger partial charge in [-0.1, -0.05) is 24.3 Å². The van der Waals surface area contributed by atoms with Crippen molar-refractivity contribution in [1.29, 1.82) is 0 Å². The zero-order valence-electron chi connectivity index (χ0n) is 11.8. The summed E-state index contributed by atoms with van der Waals surface area (Å²) in [6.45, 7) is 3.43. The number of aromatic carboxylic acids is 1. The van der Waals surface area contributed by atoms with E-state index in [2.05, 4.69) is 0 Å². The molecule has 0 amide bonds. The number of carboxylic acid groups (broad SMARTS) is 1. The zero-order valence-corrected chi connectivity index (χ0v) is 12.6. The van der Waals surface area contributed by atoms with Crippen molar-refractivity contribution in [2.24, 2.45) is 0 Å². The number of hydrogen-bond acceptors (Lipinski definition) is 4. The molecule has 1 N–H and O–H groups in total. The first kappa shape index (κ1) is 15.3. The van der Waals surface area contributed by atoms with Crippen molar-refractivity contribution < 1.29 is 22.7 Å². The van der Waals surface area contributed by atoms with Crippen LogP contribution in [0.5, 0.6) is 0 Å². The van der Waals surface area contributed by atoms with Crippen LogP contribution < -0.4 is 0 Å². The van der Waals surface area contributed by atoms with Crippen LogP contribution in [0.3, 0.4) is 0 Å². The van der Waals surface area contributed by atoms with E-state index in [1.165, 1.54) is 6.07 Å². The van der Waals surface area contributed by atoms with Crippen molar-refractivity contribution in [3.05, 3.63) is 58.5 Å². The number of carbonyl (C=O) groups is 1. The molecule has 0 aliphatic carbocycles. The molecule has 0 bridgehead atoms. The molecule has 2 rings (SSSR count). The summed E-state index contributed by atoms with van der Waals surface area (Å²) in [4.78, 5) is 10.9. The Balaban J connectivity index is 2.20. The highest BCUT2D eigenvalue weighted by atomic mass is 32.2. The molecule has 0 fully saturated rings. The quantitative estimate of drug-likeness (QED) is 0.918. The van der Waals surface area contributed by atoms with E-state index in [0.717, 1.165) is 11.1 Å². The van der Waals surface area contributed by atoms with Gasteiger partial charge in [0.2, 0.25) is 5.76 Å². The van der Waals surface area contributed by atoms with Crippen LogP contribution in [0.2, 0.25) is 0 Å². The molecule has 1 aromatic carbocycles. The third kappa shape index (κ3) is 3.72. The Labute approximate surface area is 123 Å². The van der Waals surface area contributed by atoms with Gasteiger partial charge in [0.15, 0.2) is 9.84 Å². The van der Waals surface area contributed by atoms with E-state index in [0.29, 0.717) is 5.56 Å². The maximum atomic E-state index is 12.2. The smallest absolute Gasteiger partial charge is 0.372 e. The lowest BCUT2D eigenvalue weighted by Gasteiger charge is -2.05. The van der Waals surface area contributed by atoms with Crippen molar-refractivity contribution in [2.45, 2.75) is 25.4 Å². The lowest BCUT2D eigenvalue weighted by atomic mass is 10.1. The highest BCUT2D eigenvalue weighted by Crippen LogP contribution is 2.20. The lowest BCUT2D eigenvalue weighted by Crippen LogP contribution is -2.08. The fraction of sp³-hybridized carbons (Fsp3) is 0.267. The number of furan rings is 1. The summed E-state index contributed by atoms with van der Waals surface area (Å²) in [5.74, 6) is -1.67. The summed E-state index contributed by atoms with van der Waals surface area (Å²) >= 11 is 0. The largest absolute Gasteiger partial charge is 0.475 e. The molecule has 1 aromatic heterocycles. The Bertz CT molecular complexity index is 771. The molecule has 6 heteroatoms. The molecule has 0 aliphatic rings. The first-order valence-corrected chi connectivity index (χ1v) is 8.18. The summed E-state index contributed by atoms with van der Waals surface area (Å²) in [6, 6.07) is 8.71. The van der Waals surface area contributed by atoms with Crippen LogP contribution in [0.1, 0.15) is 33.0 Å². The van der Waals surface area contributed by atoms with Gasteiger partial charge in [0.1, 0.15) is 11.5 Å². The van der Waals surface area contributed by atoms with E-state index in [1.807, 2.05) is 19.1 Å². The van der Waals surface area contributed by atoms with Gasteiger partial charge in [0.05, 0.1) is 5.75 Å². The fourth-order valence-electron chi connectivity index (χ4n) is 2.11. The molecule has 5 nitrogen and oxygen atoms in total. The second-order valence-corrected chi connectivity index (χ2v) is 7.05. The van der Waals surface area contributed by atoms with Gasteiger partial charge >= 0.3 is 5.97 Å². The number of hydrogen-bond donors (Lipinski definition) is 1. The number of carboxylic acids is 1. The van der Waals surface area contributed by atoms with Gasteiger partial charge in [-0.25, -0.2) is 13.2 Å². The van der Waals surface area contributed by atoms with Gasteiger partial charge in [-0.15, -0.1) is 0 Å². The summed E-state index contributed by atoms with van der Waals surface area (Å²) in [5, 5.41) is 8.91. The predicted octanol–water partition coefficient (Wildman–Crippen LogP) is 2.71. The average Bonchev–Trinajstić information content (AvgIpc) is 2.72. The zero-order chi connectivity index (χ0) is 15.6. The van der Waals surface area contributed by atoms with Crippen LogP contribution >= 0.6 is 0 Å². The number of benzene rings is 1. The molecule has 21 heavy (non-hydrogen) atoms. The summed E-state index contributed by atoms with van der Waals surface area (Å²) in [5.41, 5.74) is 2.06. The van der Waals surface area contributed by atoms with Gasteiger partial charge in [-0.2, -0.15) is 0 Å². The molecule has 0 saturated heterocycles. The Morgan fingerprint density at radius 3 is 2.38 bits per heavy atom. The van der Waals surface area contributed by atoms with Crippen molar-refractivity contribution in [3.8, 4) is 0 Å². The number of rotatable bonds is 5. The van der Waals surface area contributed by atoms with Crippen molar-refractivity contribution in [1.82, 2.24) is 0 Å². The highest BCUT2D eigenvalue weighted by molar-refractivity contribution is 7.89. The Kier molecular flexibility index (Phi) is 4.18. The van der Waals surface area contributed by atoms with E-state index in [4.69, 9.17) is 9.52 Å². The second kappa shape index (κ2) is 5.73. The highest BCUT2D eigenvalue weighted by Gasteiger charge is 2.20. The molecule has 1 heterocycles. The fourth-order valence-corrected chi connectivity index (χ4v) is 3.58. The van der Waals surface area contributed by atoms with Crippen LogP contribution in [-0.2, 0) is 21.3 Å². The maximum absolute atomic E-state index is 12.2. The van der Waals surface area contributed by atoms with E-state index >= 15 is 0 Å². The van der Waals surface area contributed by atoms with Crippen LogP contribution in [0.4, 0.5) is 0 Å². The molecule has 0 atom stereocenters. The van der Waals surface area contributed by atoms with Gasteiger partial charge in [0.25, 0.3) is 0 Å². The predicted molar refractivity (Wildman–Crippen MR) is 77.9 cm³/mol. The summed E-state index contributed by atoms with van der Waals surface area (Å²) in [7, 11) is -3.43. The van der Waals surface area contributed by atoms with Crippen LogP contribution in [0.25, 0.3) is 0 Å². The SMILES string of the molecule is Cc1ccccc1CS(=O)(=O)Cc1cc(C)c(C(=O)O)o1. The molecular formula is C15H16O5S. The third-order valence-electron chi connectivity index (χ3n) is 3.16. The molecule has 0 radical (unpaired) electrons. The van der Waals surface area contributed by atoms with E-state index < -0.39 is 15.8 Å². The molecule has 0 aliphatic heterocycles. The maximum Gasteiger partial charge on any atom is 0.372 e.